The fourth-order valence-corrected chi connectivity index (χ4v) is 2.36. The summed E-state index contributed by atoms with van der Waals surface area (Å²) in [6, 6.07) is 13.5. The number of nitrogens with one attached hydrogen (secondary N) is 2. The largest absolute Gasteiger partial charge is 0.483 e. The van der Waals surface area contributed by atoms with E-state index in [1.54, 1.807) is 48.5 Å². The molecular weight excluding hydrogens is 372 g/mol. The predicted octanol–water partition coefficient (Wildman–Crippen LogP) is 2.94. The van der Waals surface area contributed by atoms with Crippen molar-refractivity contribution in [3.63, 3.8) is 0 Å². The number of carbonyl (C=O) groups excluding carboxylic acids is 2. The van der Waals surface area contributed by atoms with E-state index in [9.17, 15) is 9.59 Å². The summed E-state index contributed by atoms with van der Waals surface area (Å²) in [5.74, 6) is -0.401. The number of ether oxygens (including phenoxy) is 1. The minimum atomic E-state index is -0.480. The van der Waals surface area contributed by atoms with Crippen LogP contribution in [0.5, 0.6) is 5.75 Å². The van der Waals surface area contributed by atoms with Gasteiger partial charge in [-0.2, -0.15) is 0 Å². The van der Waals surface area contributed by atoms with Crippen LogP contribution < -0.4 is 15.6 Å². The van der Waals surface area contributed by atoms with Crippen molar-refractivity contribution in [1.82, 2.24) is 10.9 Å². The molecule has 22 heavy (non-hydrogen) atoms. The Balaban J connectivity index is 1.80. The molecule has 2 aromatic carbocycles. The summed E-state index contributed by atoms with van der Waals surface area (Å²) in [6.07, 6.45) is 0. The van der Waals surface area contributed by atoms with Crippen molar-refractivity contribution in [3.05, 3.63) is 63.6 Å². The second-order valence-corrected chi connectivity index (χ2v) is 5.52. The number of hydrogen-bond acceptors (Lipinski definition) is 3. The molecular formula is C15H12BrClN2O3. The standard InChI is InChI=1S/C15H12BrClN2O3/c16-12-8-11(17)6-7-13(12)22-9-14(20)18-19-15(21)10-4-2-1-3-5-10/h1-8H,9H2,(H,18,20)(H,19,21). The summed E-state index contributed by atoms with van der Waals surface area (Å²) >= 11 is 9.09. The van der Waals surface area contributed by atoms with Crippen LogP contribution in [0.25, 0.3) is 0 Å². The van der Waals surface area contributed by atoms with E-state index in [1.807, 2.05) is 0 Å². The van der Waals surface area contributed by atoms with Gasteiger partial charge >= 0.3 is 0 Å². The molecule has 0 spiro atoms. The Morgan fingerprint density at radius 1 is 1.09 bits per heavy atom. The van der Waals surface area contributed by atoms with Gasteiger partial charge in [-0.3, -0.25) is 20.4 Å². The minimum Gasteiger partial charge on any atom is -0.483 e. The van der Waals surface area contributed by atoms with E-state index in [1.165, 1.54) is 0 Å². The van der Waals surface area contributed by atoms with Crippen LogP contribution in [-0.2, 0) is 4.79 Å². The maximum Gasteiger partial charge on any atom is 0.276 e. The average molecular weight is 384 g/mol. The van der Waals surface area contributed by atoms with Crippen LogP contribution in [0, 0.1) is 0 Å². The minimum absolute atomic E-state index is 0.241. The number of carbonyl (C=O) groups is 2. The first-order valence-electron chi connectivity index (χ1n) is 6.28. The van der Waals surface area contributed by atoms with Crippen LogP contribution in [0.1, 0.15) is 10.4 Å². The highest BCUT2D eigenvalue weighted by molar-refractivity contribution is 9.10. The molecule has 0 atom stereocenters. The van der Waals surface area contributed by atoms with Crippen LogP contribution in [0.15, 0.2) is 53.0 Å². The molecule has 5 nitrogen and oxygen atoms in total. The van der Waals surface area contributed by atoms with Gasteiger partial charge in [-0.05, 0) is 46.3 Å². The lowest BCUT2D eigenvalue weighted by Gasteiger charge is -2.10. The summed E-state index contributed by atoms with van der Waals surface area (Å²) in [6.45, 7) is -0.241. The molecule has 0 aliphatic heterocycles. The Bertz CT molecular complexity index is 680. The van der Waals surface area contributed by atoms with Gasteiger partial charge in [0, 0.05) is 10.6 Å². The van der Waals surface area contributed by atoms with Crippen molar-refractivity contribution in [3.8, 4) is 5.75 Å². The van der Waals surface area contributed by atoms with Crippen molar-refractivity contribution in [1.29, 1.82) is 0 Å². The lowest BCUT2D eigenvalue weighted by Crippen LogP contribution is -2.43. The molecule has 2 rings (SSSR count). The van der Waals surface area contributed by atoms with E-state index in [0.717, 1.165) is 0 Å². The first kappa shape index (κ1) is 16.3. The molecule has 0 heterocycles. The van der Waals surface area contributed by atoms with Crippen LogP contribution in [0.4, 0.5) is 0 Å². The lowest BCUT2D eigenvalue weighted by atomic mass is 10.2. The van der Waals surface area contributed by atoms with Gasteiger partial charge in [0.1, 0.15) is 5.75 Å². The van der Waals surface area contributed by atoms with Gasteiger partial charge < -0.3 is 4.74 Å². The van der Waals surface area contributed by atoms with Gasteiger partial charge in [0.2, 0.25) is 0 Å². The second-order valence-electron chi connectivity index (χ2n) is 4.23. The fourth-order valence-electron chi connectivity index (χ4n) is 1.56. The third-order valence-electron chi connectivity index (χ3n) is 2.60. The van der Waals surface area contributed by atoms with E-state index in [0.29, 0.717) is 20.8 Å². The van der Waals surface area contributed by atoms with E-state index < -0.39 is 11.8 Å². The van der Waals surface area contributed by atoms with Crippen LogP contribution in [-0.4, -0.2) is 18.4 Å². The van der Waals surface area contributed by atoms with Crippen LogP contribution in [0.2, 0.25) is 5.02 Å². The average Bonchev–Trinajstić information content (AvgIpc) is 2.52. The Hall–Kier alpha value is -2.05. The molecule has 2 aromatic rings. The summed E-state index contributed by atoms with van der Waals surface area (Å²) in [7, 11) is 0. The molecule has 7 heteroatoms. The Morgan fingerprint density at radius 3 is 2.50 bits per heavy atom. The lowest BCUT2D eigenvalue weighted by molar-refractivity contribution is -0.123. The molecule has 0 aliphatic carbocycles. The van der Waals surface area contributed by atoms with Gasteiger partial charge in [-0.25, -0.2) is 0 Å². The van der Waals surface area contributed by atoms with Crippen LogP contribution >= 0.6 is 27.5 Å². The summed E-state index contributed by atoms with van der Waals surface area (Å²) in [5, 5.41) is 0.554. The number of rotatable bonds is 4. The molecule has 114 valence electrons. The maximum absolute atomic E-state index is 11.7. The molecule has 0 bridgehead atoms. The van der Waals surface area contributed by atoms with Crippen molar-refractivity contribution in [2.24, 2.45) is 0 Å². The van der Waals surface area contributed by atoms with Gasteiger partial charge in [-0.1, -0.05) is 29.8 Å². The molecule has 0 unspecified atom stereocenters. The molecule has 0 saturated carbocycles. The normalized spacial score (nSPS) is 9.91. The predicted molar refractivity (Wildman–Crippen MR) is 86.7 cm³/mol. The van der Waals surface area contributed by atoms with E-state index in [2.05, 4.69) is 26.8 Å². The Labute approximate surface area is 140 Å². The summed E-state index contributed by atoms with van der Waals surface area (Å²) in [5.41, 5.74) is 5.03. The van der Waals surface area contributed by atoms with Crippen molar-refractivity contribution >= 4 is 39.3 Å². The molecule has 0 saturated heterocycles. The maximum atomic E-state index is 11.7. The van der Waals surface area contributed by atoms with Crippen LogP contribution in [0.3, 0.4) is 0 Å². The molecule has 2 N–H and O–H groups in total. The number of amides is 2. The molecule has 0 radical (unpaired) electrons. The fraction of sp³-hybridized carbons (Fsp3) is 0.0667. The van der Waals surface area contributed by atoms with E-state index in [4.69, 9.17) is 16.3 Å². The van der Waals surface area contributed by atoms with Gasteiger partial charge in [0.15, 0.2) is 6.61 Å². The smallest absolute Gasteiger partial charge is 0.276 e. The third-order valence-corrected chi connectivity index (χ3v) is 3.46. The summed E-state index contributed by atoms with van der Waals surface area (Å²) in [4.78, 5) is 23.4. The zero-order valence-corrected chi connectivity index (χ0v) is 13.6. The quantitative estimate of drug-likeness (QED) is 0.798. The Morgan fingerprint density at radius 2 is 1.82 bits per heavy atom. The highest BCUT2D eigenvalue weighted by Crippen LogP contribution is 2.27. The highest BCUT2D eigenvalue weighted by atomic mass is 79.9. The van der Waals surface area contributed by atoms with Crippen molar-refractivity contribution in [2.75, 3.05) is 6.61 Å². The van der Waals surface area contributed by atoms with Crippen molar-refractivity contribution in [2.45, 2.75) is 0 Å². The van der Waals surface area contributed by atoms with Gasteiger partial charge in [0.25, 0.3) is 11.8 Å². The molecule has 0 fully saturated rings. The van der Waals surface area contributed by atoms with Gasteiger partial charge in [0.05, 0.1) is 4.47 Å². The zero-order chi connectivity index (χ0) is 15.9. The Kier molecular flexibility index (Phi) is 5.80. The second kappa shape index (κ2) is 7.82. The molecule has 2 amide bonds. The summed E-state index contributed by atoms with van der Waals surface area (Å²) < 4.78 is 5.96. The molecule has 0 aromatic heterocycles. The topological polar surface area (TPSA) is 67.4 Å². The molecule has 0 aliphatic rings. The number of hydrazine groups is 1. The highest BCUT2D eigenvalue weighted by Gasteiger charge is 2.08. The first-order valence-corrected chi connectivity index (χ1v) is 7.45. The number of hydrogen-bond donors (Lipinski definition) is 2. The monoisotopic (exact) mass is 382 g/mol. The van der Waals surface area contributed by atoms with E-state index in [-0.39, 0.29) is 6.61 Å². The third kappa shape index (κ3) is 4.75. The zero-order valence-electron chi connectivity index (χ0n) is 11.3. The first-order chi connectivity index (χ1) is 10.6. The van der Waals surface area contributed by atoms with Gasteiger partial charge in [-0.15, -0.1) is 0 Å². The number of benzene rings is 2. The SMILES string of the molecule is O=C(COc1ccc(Cl)cc1Br)NNC(=O)c1ccccc1. The van der Waals surface area contributed by atoms with Crippen molar-refractivity contribution < 1.29 is 14.3 Å². The number of halogens is 2. The van der Waals surface area contributed by atoms with E-state index >= 15 is 0 Å².